The van der Waals surface area contributed by atoms with Gasteiger partial charge in [0.25, 0.3) is 0 Å². The fourth-order valence-corrected chi connectivity index (χ4v) is 4.89. The number of pyridine rings is 2. The molecule has 36 heavy (non-hydrogen) atoms. The molecule has 4 aromatic heterocycles. The van der Waals surface area contributed by atoms with Gasteiger partial charge in [-0.05, 0) is 58.9 Å². The van der Waals surface area contributed by atoms with Crippen LogP contribution in [-0.2, 0) is 20.1 Å². The van der Waals surface area contributed by atoms with E-state index in [2.05, 4.69) is 57.8 Å². The van der Waals surface area contributed by atoms with E-state index in [-0.39, 0.29) is 20.1 Å². The van der Waals surface area contributed by atoms with E-state index in [0.717, 1.165) is 44.5 Å². The van der Waals surface area contributed by atoms with Crippen LogP contribution in [0.4, 0.5) is 0 Å². The van der Waals surface area contributed by atoms with Crippen molar-refractivity contribution in [2.45, 2.75) is 6.92 Å². The number of nitrogens with zero attached hydrogens (tertiary/aromatic N) is 2. The minimum absolute atomic E-state index is 0. The molecule has 0 aliphatic carbocycles. The monoisotopic (exact) mass is 661 g/mol. The number of rotatable bonds is 2. The number of thiophene rings is 1. The standard InChI is InChI=1S/C19H10NOS.C12H10N.Ir/c1-2-8-20-16(6-1)14-5-3-4-13-15-11-18-12(7-9-22-18)10-17(15)21-19(13)14;1-10-7-8-12(13-9-10)11-5-3-2-4-6-11;/h1-4,6-11H;2-5,7-9H,1H3;/q2*-1;. The minimum Gasteiger partial charge on any atom is -0.501 e. The molecule has 3 aromatic carbocycles. The fourth-order valence-electron chi connectivity index (χ4n) is 4.08. The van der Waals surface area contributed by atoms with E-state index in [9.17, 15) is 0 Å². The van der Waals surface area contributed by atoms with Crippen LogP contribution in [0.2, 0.25) is 0 Å². The molecule has 7 aromatic rings. The maximum absolute atomic E-state index is 6.15. The van der Waals surface area contributed by atoms with Gasteiger partial charge in [-0.25, -0.2) is 0 Å². The molecule has 0 amide bonds. The zero-order valence-electron chi connectivity index (χ0n) is 19.4. The van der Waals surface area contributed by atoms with E-state index >= 15 is 0 Å². The van der Waals surface area contributed by atoms with Crippen LogP contribution in [0.15, 0.2) is 107 Å². The Bertz CT molecular complexity index is 1740. The summed E-state index contributed by atoms with van der Waals surface area (Å²) in [7, 11) is 0. The summed E-state index contributed by atoms with van der Waals surface area (Å²) in [5.74, 6) is 0. The van der Waals surface area contributed by atoms with Crippen LogP contribution >= 0.6 is 11.3 Å². The van der Waals surface area contributed by atoms with Gasteiger partial charge in [-0.1, -0.05) is 35.2 Å². The summed E-state index contributed by atoms with van der Waals surface area (Å²) in [6, 6.07) is 34.7. The van der Waals surface area contributed by atoms with Crippen LogP contribution < -0.4 is 0 Å². The zero-order chi connectivity index (χ0) is 23.6. The van der Waals surface area contributed by atoms with Gasteiger partial charge in [-0.3, -0.25) is 0 Å². The largest absolute Gasteiger partial charge is 0.501 e. The average Bonchev–Trinajstić information content (AvgIpc) is 3.53. The van der Waals surface area contributed by atoms with Gasteiger partial charge < -0.3 is 14.4 Å². The molecular formula is C31H20IrN2OS-2. The van der Waals surface area contributed by atoms with Gasteiger partial charge in [-0.15, -0.1) is 65.4 Å². The molecule has 0 saturated carbocycles. The number of hydrogen-bond donors (Lipinski definition) is 0. The van der Waals surface area contributed by atoms with E-state index in [1.165, 1.54) is 15.6 Å². The third kappa shape index (κ3) is 4.74. The van der Waals surface area contributed by atoms with Crippen molar-refractivity contribution in [3.8, 4) is 22.5 Å². The van der Waals surface area contributed by atoms with Crippen LogP contribution in [0.1, 0.15) is 5.56 Å². The summed E-state index contributed by atoms with van der Waals surface area (Å²) in [6.07, 6.45) is 3.66. The second kappa shape index (κ2) is 10.5. The first-order valence-electron chi connectivity index (χ1n) is 11.3. The molecule has 177 valence electrons. The fraction of sp³-hybridized carbons (Fsp3) is 0.0323. The van der Waals surface area contributed by atoms with Crippen molar-refractivity contribution >= 4 is 43.4 Å². The molecule has 0 aliphatic heterocycles. The van der Waals surface area contributed by atoms with Crippen molar-refractivity contribution in [2.75, 3.05) is 0 Å². The molecule has 0 saturated heterocycles. The van der Waals surface area contributed by atoms with E-state index in [1.807, 2.05) is 67.7 Å². The van der Waals surface area contributed by atoms with Gasteiger partial charge in [0.15, 0.2) is 0 Å². The van der Waals surface area contributed by atoms with Gasteiger partial charge in [0.05, 0.1) is 5.58 Å². The first-order valence-corrected chi connectivity index (χ1v) is 12.2. The maximum atomic E-state index is 6.15. The van der Waals surface area contributed by atoms with Crippen LogP contribution in [-0.4, -0.2) is 9.97 Å². The van der Waals surface area contributed by atoms with Crippen LogP contribution in [0.25, 0.3) is 54.5 Å². The Morgan fingerprint density at radius 3 is 2.50 bits per heavy atom. The van der Waals surface area contributed by atoms with Crippen molar-refractivity contribution in [2.24, 2.45) is 0 Å². The van der Waals surface area contributed by atoms with E-state index in [0.29, 0.717) is 0 Å². The Balaban J connectivity index is 0.000000164. The summed E-state index contributed by atoms with van der Waals surface area (Å²) in [6.45, 7) is 2.03. The smallest absolute Gasteiger partial charge is 0.121 e. The van der Waals surface area contributed by atoms with Crippen LogP contribution in [0.5, 0.6) is 0 Å². The second-order valence-corrected chi connectivity index (χ2v) is 9.16. The van der Waals surface area contributed by atoms with Crippen LogP contribution in [0, 0.1) is 19.1 Å². The molecule has 3 nitrogen and oxygen atoms in total. The molecule has 7 rings (SSSR count). The third-order valence-electron chi connectivity index (χ3n) is 5.82. The molecule has 5 heteroatoms. The van der Waals surface area contributed by atoms with Crippen molar-refractivity contribution in [1.29, 1.82) is 0 Å². The number of fused-ring (bicyclic) bond motifs is 4. The Labute approximate surface area is 226 Å². The number of aromatic nitrogens is 2. The van der Waals surface area contributed by atoms with Crippen molar-refractivity contribution in [1.82, 2.24) is 9.97 Å². The average molecular weight is 661 g/mol. The summed E-state index contributed by atoms with van der Waals surface area (Å²) < 4.78 is 7.43. The first kappa shape index (κ1) is 24.1. The molecule has 0 bridgehead atoms. The molecule has 0 N–H and O–H groups in total. The van der Waals surface area contributed by atoms with Crippen molar-refractivity contribution < 1.29 is 24.5 Å². The Morgan fingerprint density at radius 2 is 1.72 bits per heavy atom. The molecule has 0 fully saturated rings. The Morgan fingerprint density at radius 1 is 0.806 bits per heavy atom. The minimum atomic E-state index is 0. The van der Waals surface area contributed by atoms with Crippen molar-refractivity contribution in [3.63, 3.8) is 0 Å². The molecule has 0 unspecified atom stereocenters. The molecular weight excluding hydrogens is 641 g/mol. The topological polar surface area (TPSA) is 38.9 Å². The normalized spacial score (nSPS) is 10.7. The molecule has 0 spiro atoms. The molecule has 1 radical (unpaired) electrons. The SMILES string of the molecule is Cc1ccc(-c2[c-]cccc2)nc1.[Ir].[c-]1ccc2c(oc3cc4ccsc4cc32)c1-c1ccccn1. The number of benzene rings is 3. The van der Waals surface area contributed by atoms with E-state index < -0.39 is 0 Å². The zero-order valence-corrected chi connectivity index (χ0v) is 22.6. The summed E-state index contributed by atoms with van der Waals surface area (Å²) in [4.78, 5) is 8.74. The van der Waals surface area contributed by atoms with E-state index in [4.69, 9.17) is 4.42 Å². The number of furan rings is 1. The Hall–Kier alpha value is -3.63. The van der Waals surface area contributed by atoms with Crippen LogP contribution in [0.3, 0.4) is 0 Å². The van der Waals surface area contributed by atoms with Gasteiger partial charge >= 0.3 is 0 Å². The number of hydrogen-bond acceptors (Lipinski definition) is 4. The van der Waals surface area contributed by atoms with Gasteiger partial charge in [0, 0.05) is 42.6 Å². The molecule has 0 atom stereocenters. The predicted octanol–water partition coefficient (Wildman–Crippen LogP) is 8.52. The Kier molecular flexibility index (Phi) is 7.06. The van der Waals surface area contributed by atoms with E-state index in [1.54, 1.807) is 17.5 Å². The molecule has 4 heterocycles. The van der Waals surface area contributed by atoms with Crippen molar-refractivity contribution in [3.05, 3.63) is 120 Å². The van der Waals surface area contributed by atoms with Gasteiger partial charge in [-0.2, -0.15) is 0 Å². The predicted molar refractivity (Wildman–Crippen MR) is 144 cm³/mol. The summed E-state index contributed by atoms with van der Waals surface area (Å²) >= 11 is 1.75. The molecule has 0 aliphatic rings. The second-order valence-electron chi connectivity index (χ2n) is 8.22. The maximum Gasteiger partial charge on any atom is 0.121 e. The summed E-state index contributed by atoms with van der Waals surface area (Å²) in [5.41, 5.74) is 6.77. The quantitative estimate of drug-likeness (QED) is 0.175. The number of aryl methyl sites for hydroxylation is 1. The third-order valence-corrected chi connectivity index (χ3v) is 6.70. The van der Waals surface area contributed by atoms with Gasteiger partial charge in [0.1, 0.15) is 5.58 Å². The summed E-state index contributed by atoms with van der Waals surface area (Å²) in [5, 5.41) is 5.60. The van der Waals surface area contributed by atoms with Gasteiger partial charge in [0.2, 0.25) is 0 Å². The first-order chi connectivity index (χ1) is 17.3.